The summed E-state index contributed by atoms with van der Waals surface area (Å²) in [6.45, 7) is -0.204. The van der Waals surface area contributed by atoms with Crippen molar-refractivity contribution >= 4 is 17.4 Å². The molecule has 0 fully saturated rings. The van der Waals surface area contributed by atoms with Crippen molar-refractivity contribution in [2.24, 2.45) is 0 Å². The monoisotopic (exact) mass is 298 g/mol. The molecule has 0 aromatic heterocycles. The van der Waals surface area contributed by atoms with Crippen LogP contribution >= 0.6 is 0 Å². The van der Waals surface area contributed by atoms with Crippen LogP contribution in [-0.4, -0.2) is 11.7 Å². The van der Waals surface area contributed by atoms with E-state index in [9.17, 15) is 18.4 Å². The maximum Gasteiger partial charge on any atom is 0.299 e. The van der Waals surface area contributed by atoms with Gasteiger partial charge in [-0.05, 0) is 36.4 Å². The third-order valence-electron chi connectivity index (χ3n) is 3.44. The minimum absolute atomic E-state index is 0.0400. The predicted octanol–water partition coefficient (Wildman–Crippen LogP) is 2.57. The molecule has 0 aliphatic carbocycles. The summed E-state index contributed by atoms with van der Waals surface area (Å²) in [4.78, 5) is 24.9. The van der Waals surface area contributed by atoms with Crippen molar-refractivity contribution in [3.05, 3.63) is 64.7 Å². The van der Waals surface area contributed by atoms with Crippen molar-refractivity contribution in [3.8, 4) is 6.07 Å². The molecule has 0 N–H and O–H groups in total. The molecule has 6 heteroatoms. The standard InChI is InChI=1S/C16H8F2N2O2/c17-11-2-4-14-12(6-11)15(21)16(22)20(14)8-10-5-9(7-19)1-3-13(10)18/h1-6H,8H2. The Morgan fingerprint density at radius 2 is 1.86 bits per heavy atom. The summed E-state index contributed by atoms with van der Waals surface area (Å²) < 4.78 is 27.0. The van der Waals surface area contributed by atoms with E-state index in [1.165, 1.54) is 18.2 Å². The van der Waals surface area contributed by atoms with Crippen molar-refractivity contribution < 1.29 is 18.4 Å². The zero-order valence-electron chi connectivity index (χ0n) is 11.1. The Hall–Kier alpha value is -3.07. The predicted molar refractivity (Wildman–Crippen MR) is 73.0 cm³/mol. The zero-order chi connectivity index (χ0) is 15.9. The van der Waals surface area contributed by atoms with E-state index >= 15 is 0 Å². The molecule has 3 rings (SSSR count). The average Bonchev–Trinajstić information content (AvgIpc) is 2.74. The second-order valence-corrected chi connectivity index (χ2v) is 4.80. The lowest BCUT2D eigenvalue weighted by molar-refractivity contribution is -0.114. The van der Waals surface area contributed by atoms with E-state index in [-0.39, 0.29) is 28.9 Å². The number of ketones is 1. The van der Waals surface area contributed by atoms with E-state index in [1.54, 1.807) is 0 Å². The Morgan fingerprint density at radius 1 is 1.09 bits per heavy atom. The van der Waals surface area contributed by atoms with Crippen LogP contribution in [0.5, 0.6) is 0 Å². The summed E-state index contributed by atoms with van der Waals surface area (Å²) >= 11 is 0. The van der Waals surface area contributed by atoms with E-state index in [0.29, 0.717) is 0 Å². The van der Waals surface area contributed by atoms with Gasteiger partial charge in [0.1, 0.15) is 11.6 Å². The molecular weight excluding hydrogens is 290 g/mol. The number of anilines is 1. The van der Waals surface area contributed by atoms with E-state index < -0.39 is 23.3 Å². The molecule has 1 heterocycles. The van der Waals surface area contributed by atoms with E-state index in [1.807, 2.05) is 6.07 Å². The van der Waals surface area contributed by atoms with Gasteiger partial charge in [-0.15, -0.1) is 0 Å². The summed E-state index contributed by atoms with van der Waals surface area (Å²) in [6.07, 6.45) is 0. The van der Waals surface area contributed by atoms with Gasteiger partial charge >= 0.3 is 0 Å². The quantitative estimate of drug-likeness (QED) is 0.801. The Morgan fingerprint density at radius 3 is 2.59 bits per heavy atom. The first kappa shape index (κ1) is 13.9. The molecule has 0 atom stereocenters. The highest BCUT2D eigenvalue weighted by atomic mass is 19.1. The minimum atomic E-state index is -0.845. The number of carbonyl (C=O) groups is 2. The van der Waals surface area contributed by atoms with Gasteiger partial charge in [0.15, 0.2) is 0 Å². The highest BCUT2D eigenvalue weighted by Gasteiger charge is 2.36. The number of Topliss-reactive ketones (excluding diaryl/α,β-unsaturated/α-hetero) is 1. The number of nitrogens with zero attached hydrogens (tertiary/aromatic N) is 2. The van der Waals surface area contributed by atoms with Gasteiger partial charge in [0.25, 0.3) is 11.7 Å². The van der Waals surface area contributed by atoms with Crippen LogP contribution < -0.4 is 4.90 Å². The van der Waals surface area contributed by atoms with Crippen molar-refractivity contribution in [1.29, 1.82) is 5.26 Å². The van der Waals surface area contributed by atoms with Gasteiger partial charge in [0, 0.05) is 5.56 Å². The van der Waals surface area contributed by atoms with Crippen LogP contribution in [0.15, 0.2) is 36.4 Å². The van der Waals surface area contributed by atoms with Crippen molar-refractivity contribution in [3.63, 3.8) is 0 Å². The first-order valence-electron chi connectivity index (χ1n) is 6.35. The third-order valence-corrected chi connectivity index (χ3v) is 3.44. The molecule has 22 heavy (non-hydrogen) atoms. The number of hydrogen-bond donors (Lipinski definition) is 0. The van der Waals surface area contributed by atoms with Crippen LogP contribution in [0.25, 0.3) is 0 Å². The van der Waals surface area contributed by atoms with Gasteiger partial charge in [-0.2, -0.15) is 5.26 Å². The van der Waals surface area contributed by atoms with E-state index in [2.05, 4.69) is 0 Å². The third kappa shape index (κ3) is 2.13. The van der Waals surface area contributed by atoms with Crippen molar-refractivity contribution in [1.82, 2.24) is 0 Å². The number of hydrogen-bond acceptors (Lipinski definition) is 3. The molecule has 0 unspecified atom stereocenters. The number of fused-ring (bicyclic) bond motifs is 1. The summed E-state index contributed by atoms with van der Waals surface area (Å²) in [6, 6.07) is 9.05. The maximum absolute atomic E-state index is 13.8. The molecule has 0 radical (unpaired) electrons. The smallest absolute Gasteiger partial charge is 0.299 e. The number of nitriles is 1. The Bertz CT molecular complexity index is 856. The molecule has 0 spiro atoms. The number of benzene rings is 2. The molecule has 0 saturated heterocycles. The molecule has 108 valence electrons. The molecule has 4 nitrogen and oxygen atoms in total. The molecule has 0 bridgehead atoms. The lowest BCUT2D eigenvalue weighted by atomic mass is 10.1. The van der Waals surface area contributed by atoms with Crippen LogP contribution in [-0.2, 0) is 11.3 Å². The fraction of sp³-hybridized carbons (Fsp3) is 0.0625. The number of halogens is 2. The van der Waals surface area contributed by atoms with Crippen LogP contribution in [0.2, 0.25) is 0 Å². The van der Waals surface area contributed by atoms with Crippen LogP contribution in [0.3, 0.4) is 0 Å². The number of amides is 1. The van der Waals surface area contributed by atoms with Crippen LogP contribution in [0, 0.1) is 23.0 Å². The van der Waals surface area contributed by atoms with E-state index in [0.717, 1.165) is 23.1 Å². The topological polar surface area (TPSA) is 61.2 Å². The second kappa shape index (κ2) is 5.04. The van der Waals surface area contributed by atoms with Gasteiger partial charge in [-0.3, -0.25) is 9.59 Å². The molecular formula is C16H8F2N2O2. The lowest BCUT2D eigenvalue weighted by Gasteiger charge is -2.17. The maximum atomic E-state index is 13.8. The SMILES string of the molecule is N#Cc1ccc(F)c(CN2C(=O)C(=O)c3cc(F)ccc32)c1. The summed E-state index contributed by atoms with van der Waals surface area (Å²) in [5, 5.41) is 8.85. The lowest BCUT2D eigenvalue weighted by Crippen LogP contribution is -2.29. The summed E-state index contributed by atoms with van der Waals surface area (Å²) in [7, 11) is 0. The molecule has 0 saturated carbocycles. The van der Waals surface area contributed by atoms with Gasteiger partial charge < -0.3 is 4.90 Å². The number of carbonyl (C=O) groups excluding carboxylic acids is 2. The zero-order valence-corrected chi connectivity index (χ0v) is 11.1. The van der Waals surface area contributed by atoms with Crippen molar-refractivity contribution in [2.45, 2.75) is 6.54 Å². The highest BCUT2D eigenvalue weighted by molar-refractivity contribution is 6.52. The Balaban J connectivity index is 2.03. The Labute approximate surface area is 124 Å². The van der Waals surface area contributed by atoms with Gasteiger partial charge in [-0.1, -0.05) is 0 Å². The average molecular weight is 298 g/mol. The van der Waals surface area contributed by atoms with Crippen LogP contribution in [0.1, 0.15) is 21.5 Å². The normalized spacial score (nSPS) is 13.2. The van der Waals surface area contributed by atoms with Gasteiger partial charge in [0.2, 0.25) is 0 Å². The molecule has 1 amide bonds. The summed E-state index contributed by atoms with van der Waals surface area (Å²) in [5.74, 6) is -2.89. The van der Waals surface area contributed by atoms with Crippen LogP contribution in [0.4, 0.5) is 14.5 Å². The fourth-order valence-electron chi connectivity index (χ4n) is 2.37. The number of rotatable bonds is 2. The largest absolute Gasteiger partial charge is 0.300 e. The molecule has 2 aromatic rings. The first-order valence-corrected chi connectivity index (χ1v) is 6.35. The van der Waals surface area contributed by atoms with Gasteiger partial charge in [0.05, 0.1) is 29.4 Å². The van der Waals surface area contributed by atoms with E-state index in [4.69, 9.17) is 5.26 Å². The molecule has 1 aliphatic heterocycles. The summed E-state index contributed by atoms with van der Waals surface area (Å²) in [5.41, 5.74) is 0.547. The van der Waals surface area contributed by atoms with Crippen molar-refractivity contribution in [2.75, 3.05) is 4.90 Å². The highest BCUT2D eigenvalue weighted by Crippen LogP contribution is 2.31. The Kier molecular flexibility index (Phi) is 3.18. The molecule has 1 aliphatic rings. The molecule has 2 aromatic carbocycles. The minimum Gasteiger partial charge on any atom is -0.300 e. The fourth-order valence-corrected chi connectivity index (χ4v) is 2.37. The van der Waals surface area contributed by atoms with Gasteiger partial charge in [-0.25, -0.2) is 8.78 Å². The first-order chi connectivity index (χ1) is 10.5. The second-order valence-electron chi connectivity index (χ2n) is 4.80.